The van der Waals surface area contributed by atoms with Crippen LogP contribution in [-0.2, 0) is 22.4 Å². The minimum Gasteiger partial charge on any atom is -0.497 e. The summed E-state index contributed by atoms with van der Waals surface area (Å²) in [5.74, 6) is 0.522. The molecule has 1 heterocycles. The van der Waals surface area contributed by atoms with Crippen LogP contribution in [0.5, 0.6) is 11.5 Å². The summed E-state index contributed by atoms with van der Waals surface area (Å²) in [4.78, 5) is 35.2. The van der Waals surface area contributed by atoms with Gasteiger partial charge in [-0.1, -0.05) is 24.3 Å². The molecule has 146 valence electrons. The van der Waals surface area contributed by atoms with Crippen molar-refractivity contribution >= 4 is 17.9 Å². The highest BCUT2D eigenvalue weighted by Gasteiger charge is 2.41. The van der Waals surface area contributed by atoms with Gasteiger partial charge in [0.25, 0.3) is 5.91 Å². The van der Waals surface area contributed by atoms with Crippen molar-refractivity contribution < 1.29 is 23.9 Å². The molecule has 0 radical (unpaired) electrons. The Hall–Kier alpha value is -3.35. The number of esters is 1. The van der Waals surface area contributed by atoms with Crippen LogP contribution in [0.2, 0.25) is 0 Å². The molecular formula is C21H22N2O5. The minimum atomic E-state index is -0.902. The van der Waals surface area contributed by atoms with Crippen molar-refractivity contribution in [1.82, 2.24) is 10.6 Å². The Bertz CT molecular complexity index is 877. The Morgan fingerprint density at radius 1 is 0.964 bits per heavy atom. The molecule has 3 rings (SSSR count). The van der Waals surface area contributed by atoms with E-state index >= 15 is 0 Å². The number of amides is 3. The summed E-state index contributed by atoms with van der Waals surface area (Å²) < 4.78 is 10.5. The Balaban J connectivity index is 1.51. The van der Waals surface area contributed by atoms with E-state index in [4.69, 9.17) is 9.47 Å². The van der Waals surface area contributed by atoms with Gasteiger partial charge in [-0.15, -0.1) is 0 Å². The standard InChI is InChI=1S/C21H22N2O5/c1-21(19(25)22-20(26)23-21)12-11-14-3-9-17(10-4-14)28-18(24)13-15-5-7-16(27-2)8-6-15/h3-10H,11-13H2,1-2H3,(H2,22,23,25,26)/t21-/m1/s1. The van der Waals surface area contributed by atoms with Crippen molar-refractivity contribution in [2.75, 3.05) is 7.11 Å². The molecule has 0 aromatic heterocycles. The number of methoxy groups -OCH3 is 1. The normalized spacial score (nSPS) is 18.4. The second kappa shape index (κ2) is 8.12. The molecule has 0 saturated carbocycles. The predicted octanol–water partition coefficient (Wildman–Crippen LogP) is 2.37. The van der Waals surface area contributed by atoms with Crippen LogP contribution in [0.15, 0.2) is 48.5 Å². The average Bonchev–Trinajstić information content (AvgIpc) is 2.93. The van der Waals surface area contributed by atoms with Crippen LogP contribution >= 0.6 is 0 Å². The fourth-order valence-corrected chi connectivity index (χ4v) is 2.95. The van der Waals surface area contributed by atoms with Crippen LogP contribution in [0, 0.1) is 0 Å². The largest absolute Gasteiger partial charge is 0.497 e. The molecule has 7 nitrogen and oxygen atoms in total. The number of ether oxygens (including phenoxy) is 2. The molecule has 7 heteroatoms. The van der Waals surface area contributed by atoms with E-state index in [9.17, 15) is 14.4 Å². The summed E-state index contributed by atoms with van der Waals surface area (Å²) in [6.45, 7) is 1.70. The molecule has 28 heavy (non-hydrogen) atoms. The van der Waals surface area contributed by atoms with E-state index < -0.39 is 11.6 Å². The van der Waals surface area contributed by atoms with Gasteiger partial charge >= 0.3 is 12.0 Å². The summed E-state index contributed by atoms with van der Waals surface area (Å²) in [7, 11) is 1.59. The minimum absolute atomic E-state index is 0.166. The second-order valence-electron chi connectivity index (χ2n) is 6.88. The molecule has 2 N–H and O–H groups in total. The number of rotatable bonds is 7. The monoisotopic (exact) mass is 382 g/mol. The first-order chi connectivity index (χ1) is 13.4. The summed E-state index contributed by atoms with van der Waals surface area (Å²) in [5.41, 5.74) is 0.915. The van der Waals surface area contributed by atoms with Gasteiger partial charge in [-0.25, -0.2) is 4.79 Å². The molecule has 2 aromatic rings. The highest BCUT2D eigenvalue weighted by molar-refractivity contribution is 6.06. The fraction of sp³-hybridized carbons (Fsp3) is 0.286. The Labute approximate surface area is 163 Å². The molecule has 1 fully saturated rings. The van der Waals surface area contributed by atoms with Gasteiger partial charge in [-0.3, -0.25) is 14.9 Å². The smallest absolute Gasteiger partial charge is 0.322 e. The molecule has 0 bridgehead atoms. The lowest BCUT2D eigenvalue weighted by molar-refractivity contribution is -0.133. The van der Waals surface area contributed by atoms with E-state index in [2.05, 4.69) is 10.6 Å². The Morgan fingerprint density at radius 3 is 2.14 bits per heavy atom. The molecule has 2 aromatic carbocycles. The van der Waals surface area contributed by atoms with Crippen LogP contribution in [0.3, 0.4) is 0 Å². The molecule has 3 amide bonds. The lowest BCUT2D eigenvalue weighted by Crippen LogP contribution is -2.43. The number of carbonyl (C=O) groups is 3. The maximum atomic E-state index is 12.1. The molecule has 1 aliphatic heterocycles. The zero-order valence-electron chi connectivity index (χ0n) is 15.8. The van der Waals surface area contributed by atoms with Gasteiger partial charge in [0, 0.05) is 0 Å². The third-order valence-electron chi connectivity index (χ3n) is 4.69. The Morgan fingerprint density at radius 2 is 1.57 bits per heavy atom. The zero-order chi connectivity index (χ0) is 20.1. The topological polar surface area (TPSA) is 93.7 Å². The molecule has 0 aliphatic carbocycles. The number of aryl methyl sites for hydroxylation is 1. The average molecular weight is 382 g/mol. The van der Waals surface area contributed by atoms with E-state index in [1.807, 2.05) is 24.3 Å². The third-order valence-corrected chi connectivity index (χ3v) is 4.69. The highest BCUT2D eigenvalue weighted by atomic mass is 16.5. The maximum Gasteiger partial charge on any atom is 0.322 e. The molecule has 1 saturated heterocycles. The summed E-state index contributed by atoms with van der Waals surface area (Å²) in [6, 6.07) is 13.9. The second-order valence-corrected chi connectivity index (χ2v) is 6.88. The number of urea groups is 1. The first-order valence-corrected chi connectivity index (χ1v) is 8.94. The molecule has 0 spiro atoms. The van der Waals surface area contributed by atoms with Gasteiger partial charge in [-0.05, 0) is 55.2 Å². The molecule has 1 atom stereocenters. The SMILES string of the molecule is COc1ccc(CC(=O)Oc2ccc(CC[C@@]3(C)NC(=O)NC3=O)cc2)cc1. The van der Waals surface area contributed by atoms with Crippen molar-refractivity contribution in [3.05, 3.63) is 59.7 Å². The van der Waals surface area contributed by atoms with Gasteiger partial charge in [0.2, 0.25) is 0 Å². The van der Waals surface area contributed by atoms with Crippen molar-refractivity contribution in [2.45, 2.75) is 31.7 Å². The first-order valence-electron chi connectivity index (χ1n) is 8.94. The zero-order valence-corrected chi connectivity index (χ0v) is 15.8. The van der Waals surface area contributed by atoms with E-state index in [-0.39, 0.29) is 18.3 Å². The lowest BCUT2D eigenvalue weighted by Gasteiger charge is -2.20. The number of imide groups is 1. The number of hydrogen-bond donors (Lipinski definition) is 2. The van der Waals surface area contributed by atoms with Crippen molar-refractivity contribution in [3.8, 4) is 11.5 Å². The van der Waals surface area contributed by atoms with Crippen molar-refractivity contribution in [3.63, 3.8) is 0 Å². The van der Waals surface area contributed by atoms with Gasteiger partial charge in [0.05, 0.1) is 13.5 Å². The first kappa shape index (κ1) is 19.4. The van der Waals surface area contributed by atoms with Crippen molar-refractivity contribution in [2.24, 2.45) is 0 Å². The molecular weight excluding hydrogens is 360 g/mol. The fourth-order valence-electron chi connectivity index (χ4n) is 2.95. The van der Waals surface area contributed by atoms with Crippen LogP contribution in [0.25, 0.3) is 0 Å². The van der Waals surface area contributed by atoms with Crippen LogP contribution < -0.4 is 20.1 Å². The number of nitrogens with one attached hydrogen (secondary N) is 2. The van der Waals surface area contributed by atoms with Gasteiger partial charge in [-0.2, -0.15) is 0 Å². The highest BCUT2D eigenvalue weighted by Crippen LogP contribution is 2.20. The van der Waals surface area contributed by atoms with E-state index in [1.165, 1.54) is 0 Å². The van der Waals surface area contributed by atoms with Gasteiger partial charge in [0.15, 0.2) is 0 Å². The number of benzene rings is 2. The van der Waals surface area contributed by atoms with Crippen LogP contribution in [-0.4, -0.2) is 30.6 Å². The van der Waals surface area contributed by atoms with Crippen LogP contribution in [0.1, 0.15) is 24.5 Å². The predicted molar refractivity (Wildman–Crippen MR) is 102 cm³/mol. The summed E-state index contributed by atoms with van der Waals surface area (Å²) in [6.07, 6.45) is 1.24. The van der Waals surface area contributed by atoms with Crippen LogP contribution in [0.4, 0.5) is 4.79 Å². The summed E-state index contributed by atoms with van der Waals surface area (Å²) in [5, 5.41) is 4.89. The Kier molecular flexibility index (Phi) is 5.63. The van der Waals surface area contributed by atoms with E-state index in [1.54, 1.807) is 38.3 Å². The van der Waals surface area contributed by atoms with Gasteiger partial charge < -0.3 is 14.8 Å². The third kappa shape index (κ3) is 4.68. The molecule has 0 unspecified atom stereocenters. The lowest BCUT2D eigenvalue weighted by atomic mass is 9.93. The number of carbonyl (C=O) groups excluding carboxylic acids is 3. The summed E-state index contributed by atoms with van der Waals surface area (Å²) >= 11 is 0. The maximum absolute atomic E-state index is 12.1. The van der Waals surface area contributed by atoms with Gasteiger partial charge in [0.1, 0.15) is 17.0 Å². The van der Waals surface area contributed by atoms with E-state index in [0.717, 1.165) is 16.9 Å². The van der Waals surface area contributed by atoms with E-state index in [0.29, 0.717) is 18.6 Å². The quantitative estimate of drug-likeness (QED) is 0.436. The number of hydrogen-bond acceptors (Lipinski definition) is 5. The molecule has 1 aliphatic rings. The van der Waals surface area contributed by atoms with Crippen molar-refractivity contribution in [1.29, 1.82) is 0 Å².